The summed E-state index contributed by atoms with van der Waals surface area (Å²) in [6.45, 7) is 1.42. The zero-order valence-corrected chi connectivity index (χ0v) is 9.69. The third kappa shape index (κ3) is 3.08. The Kier molecular flexibility index (Phi) is 4.05. The maximum absolute atomic E-state index is 11.8. The van der Waals surface area contributed by atoms with Crippen LogP contribution in [0, 0.1) is 0 Å². The molecular formula is C12H15NO3. The van der Waals surface area contributed by atoms with Crippen molar-refractivity contribution in [1.29, 1.82) is 0 Å². The molecule has 0 aromatic heterocycles. The third-order valence-electron chi connectivity index (χ3n) is 1.95. The van der Waals surface area contributed by atoms with E-state index in [-0.39, 0.29) is 18.3 Å². The number of rotatable bonds is 4. The van der Waals surface area contributed by atoms with Crippen molar-refractivity contribution in [3.63, 3.8) is 0 Å². The van der Waals surface area contributed by atoms with Gasteiger partial charge in [-0.05, 0) is 19.1 Å². The number of hydrogen-bond donors (Lipinski definition) is 0. The predicted molar refractivity (Wildman–Crippen MR) is 60.6 cm³/mol. The number of amides is 1. The van der Waals surface area contributed by atoms with Gasteiger partial charge in [-0.1, -0.05) is 12.1 Å². The van der Waals surface area contributed by atoms with Crippen LogP contribution >= 0.6 is 0 Å². The van der Waals surface area contributed by atoms with Gasteiger partial charge in [0.2, 0.25) is 0 Å². The predicted octanol–water partition coefficient (Wildman–Crippen LogP) is 1.36. The third-order valence-corrected chi connectivity index (χ3v) is 1.95. The van der Waals surface area contributed by atoms with E-state index in [1.807, 2.05) is 0 Å². The summed E-state index contributed by atoms with van der Waals surface area (Å²) in [4.78, 5) is 24.1. The highest BCUT2D eigenvalue weighted by Crippen LogP contribution is 2.18. The van der Waals surface area contributed by atoms with Gasteiger partial charge in [0.25, 0.3) is 5.91 Å². The van der Waals surface area contributed by atoms with Crippen LogP contribution in [0.4, 0.5) is 0 Å². The highest BCUT2D eigenvalue weighted by molar-refractivity contribution is 5.96. The molecule has 0 atom stereocenters. The van der Waals surface area contributed by atoms with E-state index >= 15 is 0 Å². The minimum atomic E-state index is -0.140. The first kappa shape index (κ1) is 12.2. The Bertz CT molecular complexity index is 399. The molecule has 0 radical (unpaired) electrons. The molecule has 0 bridgehead atoms. The van der Waals surface area contributed by atoms with Crippen molar-refractivity contribution in [3.05, 3.63) is 29.8 Å². The molecule has 1 aromatic rings. The number of ether oxygens (including phenoxy) is 1. The van der Waals surface area contributed by atoms with Crippen LogP contribution in [0.15, 0.2) is 24.3 Å². The molecule has 0 heterocycles. The zero-order chi connectivity index (χ0) is 12.1. The normalized spacial score (nSPS) is 9.69. The van der Waals surface area contributed by atoms with Crippen LogP contribution in [0.3, 0.4) is 0 Å². The minimum absolute atomic E-state index is 0.0161. The van der Waals surface area contributed by atoms with Gasteiger partial charge in [0.1, 0.15) is 12.4 Å². The number of Topliss-reactive ketones (excluding diaryl/α,β-unsaturated/α-hetero) is 1. The Morgan fingerprint density at radius 2 is 1.88 bits per heavy atom. The quantitative estimate of drug-likeness (QED) is 0.771. The molecule has 4 heteroatoms. The first-order valence-electron chi connectivity index (χ1n) is 4.95. The van der Waals surface area contributed by atoms with Gasteiger partial charge >= 0.3 is 0 Å². The van der Waals surface area contributed by atoms with E-state index in [1.54, 1.807) is 38.4 Å². The number of para-hydroxylation sites is 1. The minimum Gasteiger partial charge on any atom is -0.485 e. The van der Waals surface area contributed by atoms with E-state index in [2.05, 4.69) is 0 Å². The fourth-order valence-corrected chi connectivity index (χ4v) is 1.19. The first-order valence-corrected chi connectivity index (χ1v) is 4.95. The van der Waals surface area contributed by atoms with Crippen molar-refractivity contribution in [2.24, 2.45) is 0 Å². The van der Waals surface area contributed by atoms with E-state index in [1.165, 1.54) is 11.8 Å². The summed E-state index contributed by atoms with van der Waals surface area (Å²) in [5.74, 6) is 0.225. The average molecular weight is 221 g/mol. The molecule has 0 aliphatic carbocycles. The van der Waals surface area contributed by atoms with E-state index in [9.17, 15) is 9.59 Å². The molecule has 4 nitrogen and oxygen atoms in total. The van der Waals surface area contributed by atoms with E-state index in [0.717, 1.165) is 0 Å². The summed E-state index contributed by atoms with van der Waals surface area (Å²) in [6, 6.07) is 6.89. The lowest BCUT2D eigenvalue weighted by atomic mass is 10.2. The van der Waals surface area contributed by atoms with Gasteiger partial charge < -0.3 is 9.64 Å². The largest absolute Gasteiger partial charge is 0.485 e. The molecule has 86 valence electrons. The number of ketones is 1. The second-order valence-corrected chi connectivity index (χ2v) is 3.69. The molecule has 0 N–H and O–H groups in total. The maximum atomic E-state index is 11.8. The standard InChI is InChI=1S/C12H15NO3/c1-9(14)8-16-11-7-5-4-6-10(11)12(15)13(2)3/h4-7H,8H2,1-3H3. The molecule has 0 unspecified atom stereocenters. The van der Waals surface area contributed by atoms with Gasteiger partial charge in [0, 0.05) is 14.1 Å². The van der Waals surface area contributed by atoms with Gasteiger partial charge in [-0.25, -0.2) is 0 Å². The fourth-order valence-electron chi connectivity index (χ4n) is 1.19. The van der Waals surface area contributed by atoms with Crippen LogP contribution < -0.4 is 4.74 Å². The second-order valence-electron chi connectivity index (χ2n) is 3.69. The molecule has 0 aliphatic rings. The summed E-state index contributed by atoms with van der Waals surface area (Å²) in [6.07, 6.45) is 0. The first-order chi connectivity index (χ1) is 7.52. The highest BCUT2D eigenvalue weighted by atomic mass is 16.5. The van der Waals surface area contributed by atoms with Crippen LogP contribution in [-0.4, -0.2) is 37.3 Å². The Morgan fingerprint density at radius 1 is 1.25 bits per heavy atom. The van der Waals surface area contributed by atoms with Gasteiger partial charge in [-0.3, -0.25) is 9.59 Å². The lowest BCUT2D eigenvalue weighted by Gasteiger charge is -2.13. The monoisotopic (exact) mass is 221 g/mol. The SMILES string of the molecule is CC(=O)COc1ccccc1C(=O)N(C)C. The molecule has 16 heavy (non-hydrogen) atoms. The van der Waals surface area contributed by atoms with Crippen molar-refractivity contribution >= 4 is 11.7 Å². The highest BCUT2D eigenvalue weighted by Gasteiger charge is 2.13. The summed E-state index contributed by atoms with van der Waals surface area (Å²) in [5.41, 5.74) is 0.466. The Morgan fingerprint density at radius 3 is 2.44 bits per heavy atom. The molecule has 1 aromatic carbocycles. The molecule has 1 amide bonds. The summed E-state index contributed by atoms with van der Waals surface area (Å²) in [7, 11) is 3.34. The molecule has 0 fully saturated rings. The van der Waals surface area contributed by atoms with Crippen molar-refractivity contribution in [1.82, 2.24) is 4.90 Å². The maximum Gasteiger partial charge on any atom is 0.257 e. The summed E-state index contributed by atoms with van der Waals surface area (Å²) < 4.78 is 5.27. The Hall–Kier alpha value is -1.84. The molecule has 0 saturated carbocycles. The van der Waals surface area contributed by atoms with E-state index in [4.69, 9.17) is 4.74 Å². The van der Waals surface area contributed by atoms with E-state index < -0.39 is 0 Å². The van der Waals surface area contributed by atoms with Crippen LogP contribution in [0.1, 0.15) is 17.3 Å². The molecule has 0 spiro atoms. The molecule has 0 aliphatic heterocycles. The van der Waals surface area contributed by atoms with Crippen LogP contribution in [0.5, 0.6) is 5.75 Å². The lowest BCUT2D eigenvalue weighted by molar-refractivity contribution is -0.118. The van der Waals surface area contributed by atoms with Gasteiger partial charge in [-0.2, -0.15) is 0 Å². The summed E-state index contributed by atoms with van der Waals surface area (Å²) in [5, 5.41) is 0. The van der Waals surface area contributed by atoms with Crippen molar-refractivity contribution < 1.29 is 14.3 Å². The molecule has 1 rings (SSSR count). The topological polar surface area (TPSA) is 46.6 Å². The van der Waals surface area contributed by atoms with Crippen LogP contribution in [-0.2, 0) is 4.79 Å². The average Bonchev–Trinajstić information content (AvgIpc) is 2.25. The van der Waals surface area contributed by atoms with Crippen LogP contribution in [0.25, 0.3) is 0 Å². The number of nitrogens with zero attached hydrogens (tertiary/aromatic N) is 1. The van der Waals surface area contributed by atoms with Gasteiger partial charge in [0.15, 0.2) is 5.78 Å². The summed E-state index contributed by atoms with van der Waals surface area (Å²) >= 11 is 0. The van der Waals surface area contributed by atoms with E-state index in [0.29, 0.717) is 11.3 Å². The Labute approximate surface area is 94.8 Å². The number of hydrogen-bond acceptors (Lipinski definition) is 3. The zero-order valence-electron chi connectivity index (χ0n) is 9.69. The van der Waals surface area contributed by atoms with Crippen molar-refractivity contribution in [3.8, 4) is 5.75 Å². The number of benzene rings is 1. The fraction of sp³-hybridized carbons (Fsp3) is 0.333. The van der Waals surface area contributed by atoms with Crippen LogP contribution in [0.2, 0.25) is 0 Å². The molecular weight excluding hydrogens is 206 g/mol. The lowest BCUT2D eigenvalue weighted by Crippen LogP contribution is -2.22. The Balaban J connectivity index is 2.91. The number of carbonyl (C=O) groups excluding carboxylic acids is 2. The van der Waals surface area contributed by atoms with Crippen molar-refractivity contribution in [2.75, 3.05) is 20.7 Å². The molecule has 0 saturated heterocycles. The van der Waals surface area contributed by atoms with Crippen molar-refractivity contribution in [2.45, 2.75) is 6.92 Å². The number of carbonyl (C=O) groups is 2. The van der Waals surface area contributed by atoms with Gasteiger partial charge in [-0.15, -0.1) is 0 Å². The second kappa shape index (κ2) is 5.30. The van der Waals surface area contributed by atoms with Gasteiger partial charge in [0.05, 0.1) is 5.56 Å². The smallest absolute Gasteiger partial charge is 0.257 e.